The van der Waals surface area contributed by atoms with Gasteiger partial charge in [-0.3, -0.25) is 4.90 Å². The Balaban J connectivity index is 1.86. The molecule has 150 valence electrons. The summed E-state index contributed by atoms with van der Waals surface area (Å²) < 4.78 is 61.1. The van der Waals surface area contributed by atoms with Gasteiger partial charge in [-0.15, -0.1) is 0 Å². The monoisotopic (exact) mass is 389 g/mol. The first-order valence-electron chi connectivity index (χ1n) is 8.83. The Labute approximate surface area is 155 Å². The molecule has 3 heterocycles. The molecule has 1 aromatic rings. The number of piperidine rings is 1. The highest BCUT2D eigenvalue weighted by molar-refractivity contribution is 5.74. The maximum Gasteiger partial charge on any atom is 0.319 e. The number of amides is 2. The number of halogens is 4. The van der Waals surface area contributed by atoms with E-state index < -0.39 is 34.6 Å². The maximum atomic E-state index is 14.3. The summed E-state index contributed by atoms with van der Waals surface area (Å²) in [5, 5.41) is 0. The minimum absolute atomic E-state index is 0.118. The Kier molecular flexibility index (Phi) is 5.50. The fourth-order valence-corrected chi connectivity index (χ4v) is 3.99. The highest BCUT2D eigenvalue weighted by atomic mass is 19.2. The Morgan fingerprint density at radius 3 is 2.22 bits per heavy atom. The number of carbonyl (C=O) groups is 1. The lowest BCUT2D eigenvalue weighted by atomic mass is 9.94. The molecule has 3 aliphatic rings. The lowest BCUT2D eigenvalue weighted by Gasteiger charge is -2.36. The van der Waals surface area contributed by atoms with E-state index in [0.717, 1.165) is 20.0 Å². The lowest BCUT2D eigenvalue weighted by Crippen LogP contribution is -2.45. The van der Waals surface area contributed by atoms with Gasteiger partial charge in [0.2, 0.25) is 11.6 Å². The van der Waals surface area contributed by atoms with Gasteiger partial charge in [-0.25, -0.2) is 13.6 Å². The van der Waals surface area contributed by atoms with E-state index in [1.165, 1.54) is 4.90 Å². The Morgan fingerprint density at radius 1 is 1.04 bits per heavy atom. The second kappa shape index (κ2) is 7.53. The summed E-state index contributed by atoms with van der Waals surface area (Å²) in [6.45, 7) is 1.22. The van der Waals surface area contributed by atoms with E-state index in [1.54, 1.807) is 19.0 Å². The fraction of sp³-hybridized carbons (Fsp3) is 0.611. The second-order valence-electron chi connectivity index (χ2n) is 7.38. The van der Waals surface area contributed by atoms with Crippen molar-refractivity contribution in [2.75, 3.05) is 40.8 Å². The van der Waals surface area contributed by atoms with Gasteiger partial charge in [0.1, 0.15) is 0 Å². The zero-order valence-corrected chi connectivity index (χ0v) is 15.6. The summed E-state index contributed by atoms with van der Waals surface area (Å²) in [6, 6.07) is -0.243. The van der Waals surface area contributed by atoms with Crippen LogP contribution in [0.5, 0.6) is 5.75 Å². The van der Waals surface area contributed by atoms with Crippen molar-refractivity contribution < 1.29 is 27.1 Å². The van der Waals surface area contributed by atoms with Crippen LogP contribution in [0.2, 0.25) is 0 Å². The minimum Gasteiger partial charge on any atom is -0.491 e. The van der Waals surface area contributed by atoms with Crippen LogP contribution in [-0.2, 0) is 6.54 Å². The van der Waals surface area contributed by atoms with Gasteiger partial charge in [-0.05, 0) is 18.8 Å². The number of hydrogen-bond donors (Lipinski definition) is 0. The molecular formula is C18H23F4N3O2. The van der Waals surface area contributed by atoms with Crippen molar-refractivity contribution in [3.8, 4) is 5.75 Å². The van der Waals surface area contributed by atoms with Crippen molar-refractivity contribution in [2.24, 2.45) is 5.92 Å². The van der Waals surface area contributed by atoms with Crippen LogP contribution in [0.1, 0.15) is 18.4 Å². The summed E-state index contributed by atoms with van der Waals surface area (Å²) >= 11 is 0. The predicted octanol–water partition coefficient (Wildman–Crippen LogP) is 2.83. The molecule has 0 saturated carbocycles. The molecule has 0 N–H and O–H groups in total. The third kappa shape index (κ3) is 3.56. The molecule has 2 amide bonds. The van der Waals surface area contributed by atoms with E-state index in [2.05, 4.69) is 4.74 Å². The van der Waals surface area contributed by atoms with Crippen molar-refractivity contribution in [1.29, 1.82) is 0 Å². The van der Waals surface area contributed by atoms with E-state index in [0.29, 0.717) is 19.6 Å². The molecule has 0 aromatic heterocycles. The third-order valence-corrected chi connectivity index (χ3v) is 5.36. The Bertz CT molecular complexity index is 715. The SMILES string of the molecule is COc1c(F)c(F)c(CN2C[C@@H]3CC[C@H]2CN(C(=O)N(C)C)C3)c(F)c1F. The van der Waals surface area contributed by atoms with E-state index in [-0.39, 0.29) is 24.5 Å². The number of benzene rings is 1. The number of hydrogen-bond acceptors (Lipinski definition) is 3. The van der Waals surface area contributed by atoms with E-state index in [1.807, 2.05) is 4.90 Å². The number of nitrogens with zero attached hydrogens (tertiary/aromatic N) is 3. The van der Waals surface area contributed by atoms with Gasteiger partial charge in [-0.2, -0.15) is 8.78 Å². The second-order valence-corrected chi connectivity index (χ2v) is 7.38. The molecule has 9 heteroatoms. The Morgan fingerprint density at radius 2 is 1.67 bits per heavy atom. The van der Waals surface area contributed by atoms with Crippen molar-refractivity contribution in [3.63, 3.8) is 0 Å². The molecule has 0 radical (unpaired) electrons. The molecular weight excluding hydrogens is 366 g/mol. The number of urea groups is 1. The van der Waals surface area contributed by atoms with Crippen molar-refractivity contribution in [1.82, 2.24) is 14.7 Å². The normalized spacial score (nSPS) is 22.7. The van der Waals surface area contributed by atoms with Crippen LogP contribution >= 0.6 is 0 Å². The first-order chi connectivity index (χ1) is 12.7. The summed E-state index contributed by atoms with van der Waals surface area (Å²) in [7, 11) is 4.28. The van der Waals surface area contributed by atoms with Crippen LogP contribution in [0.25, 0.3) is 0 Å². The van der Waals surface area contributed by atoms with E-state index in [9.17, 15) is 22.4 Å². The average Bonchev–Trinajstić information content (AvgIpc) is 2.95. The fourth-order valence-electron chi connectivity index (χ4n) is 3.99. The van der Waals surface area contributed by atoms with Crippen LogP contribution < -0.4 is 4.74 Å². The highest BCUT2D eigenvalue weighted by Crippen LogP contribution is 2.34. The average molecular weight is 389 g/mol. The molecule has 0 spiro atoms. The zero-order valence-electron chi connectivity index (χ0n) is 15.6. The zero-order chi connectivity index (χ0) is 19.9. The Hall–Kier alpha value is -2.03. The summed E-state index contributed by atoms with van der Waals surface area (Å²) in [5.41, 5.74) is -0.649. The molecule has 2 atom stereocenters. The lowest BCUT2D eigenvalue weighted by molar-refractivity contribution is 0.119. The molecule has 2 bridgehead atoms. The molecule has 0 aliphatic carbocycles. The van der Waals surface area contributed by atoms with Crippen LogP contribution in [-0.4, -0.2) is 67.6 Å². The van der Waals surface area contributed by atoms with Gasteiger partial charge >= 0.3 is 6.03 Å². The van der Waals surface area contributed by atoms with Crippen molar-refractivity contribution in [2.45, 2.75) is 25.4 Å². The van der Waals surface area contributed by atoms with Gasteiger partial charge in [0, 0.05) is 51.9 Å². The molecule has 3 fully saturated rings. The largest absolute Gasteiger partial charge is 0.491 e. The number of rotatable bonds is 3. The summed E-state index contributed by atoms with van der Waals surface area (Å²) in [4.78, 5) is 17.3. The molecule has 27 heavy (non-hydrogen) atoms. The quantitative estimate of drug-likeness (QED) is 0.589. The molecule has 5 nitrogen and oxygen atoms in total. The van der Waals surface area contributed by atoms with Crippen LogP contribution in [0.15, 0.2) is 0 Å². The standard InChI is InChI=1S/C18H23F4N3O2/c1-23(2)18(26)25-7-10-4-5-11(8-25)24(6-10)9-12-13(19)15(21)17(27-3)16(22)14(12)20/h10-11H,4-9H2,1-3H3/t10-,11-/m0/s1. The smallest absolute Gasteiger partial charge is 0.319 e. The molecule has 0 unspecified atom stereocenters. The van der Waals surface area contributed by atoms with Gasteiger partial charge < -0.3 is 14.5 Å². The van der Waals surface area contributed by atoms with E-state index in [4.69, 9.17) is 0 Å². The van der Waals surface area contributed by atoms with Crippen LogP contribution in [0.4, 0.5) is 22.4 Å². The first-order valence-corrected chi connectivity index (χ1v) is 8.83. The molecule has 1 aromatic carbocycles. The van der Waals surface area contributed by atoms with Crippen LogP contribution in [0.3, 0.4) is 0 Å². The van der Waals surface area contributed by atoms with Gasteiger partial charge in [0.25, 0.3) is 0 Å². The number of fused-ring (bicyclic) bond motifs is 4. The van der Waals surface area contributed by atoms with Gasteiger partial charge in [0.05, 0.1) is 7.11 Å². The summed E-state index contributed by atoms with van der Waals surface area (Å²) in [6.07, 6.45) is 1.65. The highest BCUT2D eigenvalue weighted by Gasteiger charge is 2.38. The number of ether oxygens (including phenoxy) is 1. The molecule has 3 saturated heterocycles. The minimum atomic E-state index is -1.53. The number of methoxy groups -OCH3 is 1. The topological polar surface area (TPSA) is 36.0 Å². The molecule has 3 aliphatic heterocycles. The third-order valence-electron chi connectivity index (χ3n) is 5.36. The van der Waals surface area contributed by atoms with Crippen LogP contribution in [0, 0.1) is 29.2 Å². The summed E-state index contributed by atoms with van der Waals surface area (Å²) in [5.74, 6) is -6.86. The number of carbonyl (C=O) groups excluding carboxylic acids is 1. The van der Waals surface area contributed by atoms with Gasteiger partial charge in [-0.1, -0.05) is 0 Å². The molecule has 4 rings (SSSR count). The van der Waals surface area contributed by atoms with Gasteiger partial charge in [0.15, 0.2) is 17.4 Å². The van der Waals surface area contributed by atoms with E-state index >= 15 is 0 Å². The predicted molar refractivity (Wildman–Crippen MR) is 90.4 cm³/mol. The van der Waals surface area contributed by atoms with Crippen molar-refractivity contribution >= 4 is 6.03 Å². The van der Waals surface area contributed by atoms with Crippen molar-refractivity contribution in [3.05, 3.63) is 28.8 Å². The first kappa shape index (κ1) is 19.7. The maximum absolute atomic E-state index is 14.3.